The third-order valence-electron chi connectivity index (χ3n) is 19.0. The highest BCUT2D eigenvalue weighted by Gasteiger charge is 2.32. The number of hydrogen-bond donors (Lipinski definition) is 5. The molecule has 27 heteroatoms. The van der Waals surface area contributed by atoms with E-state index in [2.05, 4.69) is 108 Å². The van der Waals surface area contributed by atoms with Crippen molar-refractivity contribution in [2.75, 3.05) is 119 Å². The highest BCUT2D eigenvalue weighted by atomic mass is 79.9. The lowest BCUT2D eigenvalue weighted by Crippen LogP contribution is -2.32. The van der Waals surface area contributed by atoms with Crippen LogP contribution in [0.1, 0.15) is 152 Å². The van der Waals surface area contributed by atoms with Crippen LogP contribution in [-0.2, 0) is 37.2 Å². The minimum absolute atomic E-state index is 0.0135. The highest BCUT2D eigenvalue weighted by Crippen LogP contribution is 2.33. The van der Waals surface area contributed by atoms with Crippen molar-refractivity contribution in [3.63, 3.8) is 0 Å². The summed E-state index contributed by atoms with van der Waals surface area (Å²) in [5.74, 6) is -2.64. The molecule has 0 radical (unpaired) electrons. The summed E-state index contributed by atoms with van der Waals surface area (Å²) in [5, 5.41) is 32.4. The van der Waals surface area contributed by atoms with Gasteiger partial charge in [0.05, 0.1) is 57.0 Å². The van der Waals surface area contributed by atoms with E-state index >= 15 is 0 Å². The first-order valence-corrected chi connectivity index (χ1v) is 38.0. The lowest BCUT2D eigenvalue weighted by atomic mass is 10.0. The fourth-order valence-corrected chi connectivity index (χ4v) is 12.8. The van der Waals surface area contributed by atoms with Crippen LogP contribution in [0.25, 0.3) is 11.4 Å². The molecule has 0 spiro atoms. The maximum Gasteiger partial charge on any atom is 0.416 e. The second kappa shape index (κ2) is 41.6. The lowest BCUT2D eigenvalue weighted by Gasteiger charge is -2.29. The lowest BCUT2D eigenvalue weighted by molar-refractivity contribution is -0.138. The molecule has 6 N–H and O–H groups in total. The van der Waals surface area contributed by atoms with Crippen LogP contribution >= 0.6 is 15.9 Å². The Morgan fingerprint density at radius 2 is 0.918 bits per heavy atom. The summed E-state index contributed by atoms with van der Waals surface area (Å²) in [6, 6.07) is 45.0. The fraction of sp³-hybridized carbons (Fsp3) is 0.361. The number of Topliss-reactive ketones (excluding diaryl/α,β-unsaturated/α-hetero) is 1. The van der Waals surface area contributed by atoms with Crippen molar-refractivity contribution in [3.8, 4) is 11.4 Å². The van der Waals surface area contributed by atoms with Gasteiger partial charge in [-0.3, -0.25) is 14.4 Å². The first-order chi connectivity index (χ1) is 52.6. The molecule has 2 aliphatic rings. The number of carbonyl (C=O) groups excluding carboxylic acids is 3. The van der Waals surface area contributed by atoms with Crippen LogP contribution < -0.4 is 26.2 Å². The number of alkyl halides is 7. The quantitative estimate of drug-likeness (QED) is 0.0133. The average molecular weight is 1580 g/mol. The molecular weight excluding hydrogens is 1480 g/mol. The number of nitrogens with two attached hydrogens (primary N) is 1. The number of amides is 2. The number of hydrogen-bond acceptors (Lipinski definition) is 14. The molecule has 0 atom stereocenters. The summed E-state index contributed by atoms with van der Waals surface area (Å²) in [5.41, 5.74) is 13.2. The standard InChI is InChI=1S/C37H44F3N7O2.C23H23F3N4O.C15H24N2O2.C8H7BrO2/c1-4-45(5-2)23-22-44(3)26-27-12-14-28(15-13-27)35(48)41-33-17-16-30(46-19-7-6-8-20-46)25-32(33)36(49)42-34-18-21-47(43-34)31-11-9-10-29(24-31)37(38,39)40;24-23(25,26)16-5-4-6-19(13-16)30-12-9-17(28-30)14-22(31)20-15-18(7-8-21(20)27)29-10-2-1-3-11-29;1-4-17(5-2)11-10-16(3)12-13-6-8-14(9-7-13)15(18)19;9-5-6-1-3-7(4-2-6)8(10)11/h9-18,21,24-25H,4-8,19-20,22-23,26H2,1-3H3,(H,41,48)(H,42,43,49);4-9,12-13,15H,1-3,10-11,14,27H2;6-9H,4-5,10-12H2,1-3H3,(H,18,19);1-4H,5H2,(H,10,11). The number of benzene rings is 7. The van der Waals surface area contributed by atoms with Crippen LogP contribution in [0.3, 0.4) is 0 Å². The molecule has 2 saturated heterocycles. The van der Waals surface area contributed by atoms with Gasteiger partial charge in [0.15, 0.2) is 11.6 Å². The number of carboxylic acid groups (broad SMARTS) is 2. The third kappa shape index (κ3) is 26.0. The van der Waals surface area contributed by atoms with Gasteiger partial charge < -0.3 is 56.0 Å². The third-order valence-corrected chi connectivity index (χ3v) is 19.7. The summed E-state index contributed by atoms with van der Waals surface area (Å²) >= 11 is 3.27. The Hall–Kier alpha value is -10.2. The largest absolute Gasteiger partial charge is 0.478 e. The van der Waals surface area contributed by atoms with E-state index in [-0.39, 0.29) is 40.9 Å². The van der Waals surface area contributed by atoms with Crippen molar-refractivity contribution in [1.82, 2.24) is 39.2 Å². The number of rotatable bonds is 28. The SMILES string of the molecule is CCN(CC)CCN(C)Cc1ccc(C(=O)Nc2ccc(N3CCCCC3)cc2C(=O)Nc2ccn(-c3cccc(C(F)(F)F)c3)n2)cc1.CCN(CC)CCN(C)Cc1ccc(C(=O)O)cc1.Nc1ccc(N2CCCCC2)cc1C(=O)Cc1ccn(-c2cccc(C(F)(F)F)c2)n1.O=C(O)c1ccc(CBr)cc1. The molecule has 110 heavy (non-hydrogen) atoms. The molecule has 2 aliphatic heterocycles. The van der Waals surface area contributed by atoms with Crippen LogP contribution in [0.5, 0.6) is 0 Å². The molecular formula is C83H98BrF6N13O7. The van der Waals surface area contributed by atoms with Crippen molar-refractivity contribution in [3.05, 3.63) is 244 Å². The Kier molecular flexibility index (Phi) is 32.3. The van der Waals surface area contributed by atoms with Gasteiger partial charge >= 0.3 is 24.3 Å². The zero-order valence-corrected chi connectivity index (χ0v) is 64.6. The van der Waals surface area contributed by atoms with Crippen molar-refractivity contribution < 1.29 is 60.5 Å². The number of piperidine rings is 2. The number of anilines is 5. The number of aromatic carboxylic acids is 2. The van der Waals surface area contributed by atoms with E-state index in [9.17, 15) is 50.3 Å². The number of nitrogens with one attached hydrogen (secondary N) is 2. The van der Waals surface area contributed by atoms with Gasteiger partial charge in [-0.15, -0.1) is 0 Å². The monoisotopic (exact) mass is 1580 g/mol. The van der Waals surface area contributed by atoms with Crippen LogP contribution in [0, 0.1) is 0 Å². The van der Waals surface area contributed by atoms with Crippen LogP contribution in [0.2, 0.25) is 0 Å². The highest BCUT2D eigenvalue weighted by molar-refractivity contribution is 9.08. The van der Waals surface area contributed by atoms with Gasteiger partial charge in [0.2, 0.25) is 0 Å². The summed E-state index contributed by atoms with van der Waals surface area (Å²) < 4.78 is 81.3. The minimum Gasteiger partial charge on any atom is -0.478 e. The first-order valence-electron chi connectivity index (χ1n) is 36.9. The summed E-state index contributed by atoms with van der Waals surface area (Å²) in [6.45, 7) is 22.1. The Bertz CT molecular complexity index is 4440. The normalized spacial score (nSPS) is 13.1. The van der Waals surface area contributed by atoms with Crippen LogP contribution in [0.15, 0.2) is 182 Å². The summed E-state index contributed by atoms with van der Waals surface area (Å²) in [6.07, 6.45) is 0.826. The number of nitrogen functional groups attached to an aromatic ring is 1. The van der Waals surface area contributed by atoms with E-state index in [1.54, 1.807) is 79.0 Å². The molecule has 586 valence electrons. The van der Waals surface area contributed by atoms with E-state index < -0.39 is 41.3 Å². The fourth-order valence-electron chi connectivity index (χ4n) is 12.5. The van der Waals surface area contributed by atoms with Crippen molar-refractivity contribution in [2.24, 2.45) is 0 Å². The molecule has 2 amide bonds. The molecule has 20 nitrogen and oxygen atoms in total. The Morgan fingerprint density at radius 3 is 1.37 bits per heavy atom. The molecule has 4 heterocycles. The van der Waals surface area contributed by atoms with Crippen molar-refractivity contribution >= 4 is 74.0 Å². The molecule has 9 aromatic rings. The number of halogens is 7. The number of carbonyl (C=O) groups is 5. The minimum atomic E-state index is -4.50. The van der Waals surface area contributed by atoms with Gasteiger partial charge in [-0.1, -0.05) is 92.2 Å². The second-order valence-corrected chi connectivity index (χ2v) is 27.5. The predicted molar refractivity (Wildman–Crippen MR) is 425 cm³/mol. The maximum absolute atomic E-state index is 13.7. The number of nitrogens with zero attached hydrogens (tertiary/aromatic N) is 10. The van der Waals surface area contributed by atoms with E-state index in [4.69, 9.17) is 15.9 Å². The van der Waals surface area contributed by atoms with Gasteiger partial charge in [-0.25, -0.2) is 19.0 Å². The van der Waals surface area contributed by atoms with E-state index in [1.807, 2.05) is 42.5 Å². The zero-order chi connectivity index (χ0) is 79.5. The Morgan fingerprint density at radius 1 is 0.482 bits per heavy atom. The number of carboxylic acids is 2. The van der Waals surface area contributed by atoms with E-state index in [0.29, 0.717) is 39.3 Å². The summed E-state index contributed by atoms with van der Waals surface area (Å²) in [7, 11) is 4.18. The number of ketones is 1. The van der Waals surface area contributed by atoms with E-state index in [0.717, 1.165) is 181 Å². The number of aromatic nitrogens is 4. The van der Waals surface area contributed by atoms with Crippen LogP contribution in [-0.4, -0.2) is 172 Å². The van der Waals surface area contributed by atoms with Gasteiger partial charge in [-0.2, -0.15) is 36.5 Å². The van der Waals surface area contributed by atoms with Gasteiger partial charge in [0, 0.05) is 117 Å². The first kappa shape index (κ1) is 85.4. The molecule has 0 unspecified atom stereocenters. The van der Waals surface area contributed by atoms with Gasteiger partial charge in [0.1, 0.15) is 0 Å². The molecule has 2 fully saturated rings. The topological polar surface area (TPSA) is 231 Å². The zero-order valence-electron chi connectivity index (χ0n) is 63.0. The predicted octanol–water partition coefficient (Wildman–Crippen LogP) is 16.5. The molecule has 7 aromatic carbocycles. The number of likely N-dealkylation sites (N-methyl/N-ethyl adjacent to an activating group) is 4. The smallest absolute Gasteiger partial charge is 0.416 e. The maximum atomic E-state index is 13.7. The molecule has 0 saturated carbocycles. The Labute approximate surface area is 647 Å². The second-order valence-electron chi connectivity index (χ2n) is 27.0. The van der Waals surface area contributed by atoms with Crippen LogP contribution in [0.4, 0.5) is 54.9 Å². The van der Waals surface area contributed by atoms with Gasteiger partial charge in [-0.05, 0) is 211 Å². The summed E-state index contributed by atoms with van der Waals surface area (Å²) in [4.78, 5) is 74.9. The molecule has 2 aromatic heterocycles. The Balaban J connectivity index is 0.000000210. The molecule has 0 bridgehead atoms. The average Bonchev–Trinajstić information content (AvgIpc) is 1.35. The van der Waals surface area contributed by atoms with Crippen molar-refractivity contribution in [1.29, 1.82) is 0 Å². The molecule has 0 aliphatic carbocycles. The van der Waals surface area contributed by atoms with E-state index in [1.165, 1.54) is 52.3 Å². The molecule has 11 rings (SSSR count). The van der Waals surface area contributed by atoms with Crippen molar-refractivity contribution in [2.45, 2.75) is 103 Å². The van der Waals surface area contributed by atoms with Gasteiger partial charge in [0.25, 0.3) is 11.8 Å².